The number of aromatic nitrogens is 1. The van der Waals surface area contributed by atoms with Gasteiger partial charge in [0.05, 0.1) is 18.1 Å². The van der Waals surface area contributed by atoms with Gasteiger partial charge in [-0.15, -0.1) is 0 Å². The fourth-order valence-electron chi connectivity index (χ4n) is 3.58. The van der Waals surface area contributed by atoms with E-state index in [4.69, 9.17) is 0 Å². The largest absolute Gasteiger partial charge is 0.368 e. The van der Waals surface area contributed by atoms with E-state index in [1.165, 1.54) is 0 Å². The van der Waals surface area contributed by atoms with Crippen LogP contribution in [-0.2, 0) is 10.0 Å². The summed E-state index contributed by atoms with van der Waals surface area (Å²) in [4.78, 5) is 19.5. The topological polar surface area (TPSA) is 79.4 Å². The SMILES string of the molecule is Cc1ccc(N2CCC(C(=O)c3ccc(NS(C)(=O)=O)cc3)CC2C)cn1. The lowest BCUT2D eigenvalue weighted by atomic mass is 9.85. The summed E-state index contributed by atoms with van der Waals surface area (Å²) in [5.41, 5.74) is 3.17. The minimum Gasteiger partial charge on any atom is -0.368 e. The maximum absolute atomic E-state index is 12.9. The van der Waals surface area contributed by atoms with Crippen LogP contribution in [0.5, 0.6) is 0 Å². The molecule has 0 spiro atoms. The van der Waals surface area contributed by atoms with Crippen LogP contribution in [0.2, 0.25) is 0 Å². The molecule has 144 valence electrons. The predicted molar refractivity (Wildman–Crippen MR) is 108 cm³/mol. The first-order valence-electron chi connectivity index (χ1n) is 9.04. The molecule has 1 aromatic heterocycles. The number of hydrogen-bond acceptors (Lipinski definition) is 5. The lowest BCUT2D eigenvalue weighted by molar-refractivity contribution is 0.0890. The van der Waals surface area contributed by atoms with Crippen LogP contribution in [0.15, 0.2) is 42.6 Å². The molecule has 2 heterocycles. The highest BCUT2D eigenvalue weighted by atomic mass is 32.2. The zero-order valence-electron chi connectivity index (χ0n) is 15.8. The molecule has 6 nitrogen and oxygen atoms in total. The Balaban J connectivity index is 1.66. The van der Waals surface area contributed by atoms with Crippen molar-refractivity contribution >= 4 is 27.2 Å². The van der Waals surface area contributed by atoms with E-state index >= 15 is 0 Å². The first kappa shape index (κ1) is 19.4. The van der Waals surface area contributed by atoms with Gasteiger partial charge in [0.2, 0.25) is 10.0 Å². The molecule has 1 fully saturated rings. The third-order valence-corrected chi connectivity index (χ3v) is 5.55. The summed E-state index contributed by atoms with van der Waals surface area (Å²) >= 11 is 0. The summed E-state index contributed by atoms with van der Waals surface area (Å²) in [6, 6.07) is 11.0. The Morgan fingerprint density at radius 3 is 2.44 bits per heavy atom. The maximum atomic E-state index is 12.9. The number of nitrogens with one attached hydrogen (secondary N) is 1. The minimum atomic E-state index is -3.32. The molecule has 2 atom stereocenters. The standard InChI is InChI=1S/C20H25N3O3S/c1-14-4-9-19(13-21-14)23-11-10-17(12-15(23)2)20(24)16-5-7-18(8-6-16)22-27(3,25)26/h4-9,13,15,17,22H,10-12H2,1-3H3. The molecule has 27 heavy (non-hydrogen) atoms. The molecule has 0 bridgehead atoms. The van der Waals surface area contributed by atoms with Gasteiger partial charge in [-0.1, -0.05) is 0 Å². The molecule has 1 saturated heterocycles. The van der Waals surface area contributed by atoms with Crippen molar-refractivity contribution in [3.63, 3.8) is 0 Å². The summed E-state index contributed by atoms with van der Waals surface area (Å²) in [6.45, 7) is 4.92. The van der Waals surface area contributed by atoms with Crippen LogP contribution in [0.4, 0.5) is 11.4 Å². The Morgan fingerprint density at radius 1 is 1.19 bits per heavy atom. The highest BCUT2D eigenvalue weighted by Crippen LogP contribution is 2.30. The van der Waals surface area contributed by atoms with Crippen molar-refractivity contribution in [1.82, 2.24) is 4.98 Å². The number of aryl methyl sites for hydroxylation is 1. The molecular formula is C20H25N3O3S. The fourth-order valence-corrected chi connectivity index (χ4v) is 4.14. The predicted octanol–water partition coefficient (Wildman–Crippen LogP) is 3.25. The smallest absolute Gasteiger partial charge is 0.229 e. The number of rotatable bonds is 5. The lowest BCUT2D eigenvalue weighted by Crippen LogP contribution is -2.42. The number of carbonyl (C=O) groups excluding carboxylic acids is 1. The number of pyridine rings is 1. The second-order valence-corrected chi connectivity index (χ2v) is 8.99. The Bertz CT molecular complexity index is 908. The normalized spacial score (nSPS) is 20.3. The summed E-state index contributed by atoms with van der Waals surface area (Å²) in [5, 5.41) is 0. The molecule has 2 aromatic rings. The van der Waals surface area contributed by atoms with Crippen molar-refractivity contribution in [3.8, 4) is 0 Å². The van der Waals surface area contributed by atoms with Crippen molar-refractivity contribution in [3.05, 3.63) is 53.9 Å². The minimum absolute atomic E-state index is 0.0247. The van der Waals surface area contributed by atoms with Gasteiger partial charge in [-0.05, 0) is 63.1 Å². The van der Waals surface area contributed by atoms with Gasteiger partial charge in [0.1, 0.15) is 0 Å². The number of ketones is 1. The van der Waals surface area contributed by atoms with Crippen LogP contribution in [0.25, 0.3) is 0 Å². The molecule has 1 aliphatic rings. The Morgan fingerprint density at radius 2 is 1.89 bits per heavy atom. The number of benzene rings is 1. The van der Waals surface area contributed by atoms with Gasteiger partial charge in [-0.25, -0.2) is 8.42 Å². The van der Waals surface area contributed by atoms with Crippen molar-refractivity contribution < 1.29 is 13.2 Å². The number of anilines is 2. The van der Waals surface area contributed by atoms with Crippen LogP contribution in [0, 0.1) is 12.8 Å². The first-order chi connectivity index (χ1) is 12.7. The van der Waals surface area contributed by atoms with E-state index in [2.05, 4.69) is 27.6 Å². The van der Waals surface area contributed by atoms with E-state index < -0.39 is 10.0 Å². The van der Waals surface area contributed by atoms with E-state index in [0.717, 1.165) is 37.0 Å². The van der Waals surface area contributed by atoms with E-state index in [1.807, 2.05) is 19.2 Å². The Kier molecular flexibility index (Phi) is 5.51. The maximum Gasteiger partial charge on any atom is 0.229 e. The lowest BCUT2D eigenvalue weighted by Gasteiger charge is -2.38. The summed E-state index contributed by atoms with van der Waals surface area (Å²) in [5.74, 6) is 0.0952. The van der Waals surface area contributed by atoms with Gasteiger partial charge in [0.25, 0.3) is 0 Å². The van der Waals surface area contributed by atoms with Crippen molar-refractivity contribution in [2.45, 2.75) is 32.7 Å². The quantitative estimate of drug-likeness (QED) is 0.797. The molecule has 1 N–H and O–H groups in total. The summed E-state index contributed by atoms with van der Waals surface area (Å²) in [7, 11) is -3.32. The zero-order chi connectivity index (χ0) is 19.6. The van der Waals surface area contributed by atoms with Gasteiger partial charge in [-0.2, -0.15) is 0 Å². The molecular weight excluding hydrogens is 362 g/mol. The van der Waals surface area contributed by atoms with Crippen LogP contribution < -0.4 is 9.62 Å². The Labute approximate surface area is 160 Å². The number of Topliss-reactive ketones (excluding diaryl/α,β-unsaturated/α-hetero) is 1. The van der Waals surface area contributed by atoms with Gasteiger partial charge in [0.15, 0.2) is 5.78 Å². The third kappa shape index (κ3) is 4.86. The van der Waals surface area contributed by atoms with Crippen LogP contribution in [-0.4, -0.2) is 38.0 Å². The van der Waals surface area contributed by atoms with Gasteiger partial charge in [-0.3, -0.25) is 14.5 Å². The molecule has 1 aliphatic heterocycles. The van der Waals surface area contributed by atoms with Gasteiger partial charge in [0, 0.05) is 35.4 Å². The van der Waals surface area contributed by atoms with Gasteiger partial charge >= 0.3 is 0 Å². The average molecular weight is 388 g/mol. The van der Waals surface area contributed by atoms with Crippen molar-refractivity contribution in [2.75, 3.05) is 22.4 Å². The monoisotopic (exact) mass is 387 g/mol. The Hall–Kier alpha value is -2.41. The second-order valence-electron chi connectivity index (χ2n) is 7.24. The van der Waals surface area contributed by atoms with Crippen molar-refractivity contribution in [2.24, 2.45) is 5.92 Å². The molecule has 3 rings (SSSR count). The van der Waals surface area contributed by atoms with E-state index in [0.29, 0.717) is 11.3 Å². The van der Waals surface area contributed by atoms with Crippen LogP contribution in [0.3, 0.4) is 0 Å². The third-order valence-electron chi connectivity index (χ3n) is 4.95. The molecule has 1 aromatic carbocycles. The van der Waals surface area contributed by atoms with Gasteiger partial charge < -0.3 is 4.90 Å². The fraction of sp³-hybridized carbons (Fsp3) is 0.400. The molecule has 0 amide bonds. The van der Waals surface area contributed by atoms with E-state index in [1.54, 1.807) is 24.3 Å². The van der Waals surface area contributed by atoms with E-state index in [-0.39, 0.29) is 17.7 Å². The highest BCUT2D eigenvalue weighted by Gasteiger charge is 2.30. The molecule has 2 unspecified atom stereocenters. The first-order valence-corrected chi connectivity index (χ1v) is 10.9. The number of nitrogens with zero attached hydrogens (tertiary/aromatic N) is 2. The number of piperidine rings is 1. The number of hydrogen-bond donors (Lipinski definition) is 1. The summed E-state index contributed by atoms with van der Waals surface area (Å²) < 4.78 is 25.0. The molecule has 0 radical (unpaired) electrons. The molecule has 0 saturated carbocycles. The second kappa shape index (κ2) is 7.68. The summed E-state index contributed by atoms with van der Waals surface area (Å²) in [6.07, 6.45) is 4.57. The van der Waals surface area contributed by atoms with Crippen LogP contribution in [0.1, 0.15) is 35.8 Å². The van der Waals surface area contributed by atoms with E-state index in [9.17, 15) is 13.2 Å². The van der Waals surface area contributed by atoms with Crippen molar-refractivity contribution in [1.29, 1.82) is 0 Å². The van der Waals surface area contributed by atoms with Crippen LogP contribution >= 0.6 is 0 Å². The molecule has 0 aliphatic carbocycles. The number of carbonyl (C=O) groups is 1. The number of sulfonamides is 1. The highest BCUT2D eigenvalue weighted by molar-refractivity contribution is 7.92. The zero-order valence-corrected chi connectivity index (χ0v) is 16.7. The average Bonchev–Trinajstić information content (AvgIpc) is 2.61. The molecule has 7 heteroatoms.